The number of pyridine rings is 1. The minimum atomic E-state index is -0.744. The van der Waals surface area contributed by atoms with Crippen LogP contribution in [-0.2, 0) is 9.59 Å². The molecule has 3 aromatic rings. The number of aromatic nitrogens is 1. The number of hydrogen-bond acceptors (Lipinski definition) is 4. The number of aryl methyl sites for hydroxylation is 1. The molecule has 1 aliphatic rings. The molecule has 0 radical (unpaired) electrons. The van der Waals surface area contributed by atoms with Gasteiger partial charge in [0.25, 0.3) is 11.7 Å². The molecule has 2 aromatic carbocycles. The van der Waals surface area contributed by atoms with Crippen molar-refractivity contribution in [2.45, 2.75) is 32.7 Å². The monoisotopic (exact) mass is 412 g/mol. The van der Waals surface area contributed by atoms with Crippen molar-refractivity contribution in [2.24, 2.45) is 0 Å². The number of amides is 1. The van der Waals surface area contributed by atoms with Crippen LogP contribution in [0.4, 0.5) is 5.69 Å². The molecule has 0 bridgehead atoms. The van der Waals surface area contributed by atoms with E-state index in [1.165, 1.54) is 4.90 Å². The Morgan fingerprint density at radius 3 is 2.26 bits per heavy atom. The van der Waals surface area contributed by atoms with E-state index >= 15 is 0 Å². The summed E-state index contributed by atoms with van der Waals surface area (Å²) in [4.78, 5) is 31.7. The Morgan fingerprint density at radius 1 is 1.00 bits per heavy atom. The lowest BCUT2D eigenvalue weighted by Gasteiger charge is -2.25. The molecule has 1 aliphatic heterocycles. The Bertz CT molecular complexity index is 1150. The normalized spacial score (nSPS) is 18.1. The summed E-state index contributed by atoms with van der Waals surface area (Å²) in [7, 11) is 0. The highest BCUT2D eigenvalue weighted by atomic mass is 16.3. The van der Waals surface area contributed by atoms with Gasteiger partial charge in [-0.3, -0.25) is 19.5 Å². The second kappa shape index (κ2) is 8.19. The van der Waals surface area contributed by atoms with Crippen molar-refractivity contribution in [2.75, 3.05) is 4.90 Å². The van der Waals surface area contributed by atoms with Gasteiger partial charge in [0.05, 0.1) is 23.5 Å². The summed E-state index contributed by atoms with van der Waals surface area (Å²) in [6, 6.07) is 17.7. The molecular formula is C26H24N2O3. The van der Waals surface area contributed by atoms with E-state index < -0.39 is 17.7 Å². The van der Waals surface area contributed by atoms with Crippen LogP contribution in [0.25, 0.3) is 5.76 Å². The summed E-state index contributed by atoms with van der Waals surface area (Å²) < 4.78 is 0. The third kappa shape index (κ3) is 3.75. The lowest BCUT2D eigenvalue weighted by atomic mass is 9.93. The Kier molecular flexibility index (Phi) is 5.42. The van der Waals surface area contributed by atoms with Crippen LogP contribution in [0, 0.1) is 6.92 Å². The number of rotatable bonds is 4. The fourth-order valence-corrected chi connectivity index (χ4v) is 3.84. The summed E-state index contributed by atoms with van der Waals surface area (Å²) in [5.41, 5.74) is 4.02. The number of carbonyl (C=O) groups excluding carboxylic acids is 2. The van der Waals surface area contributed by atoms with E-state index in [-0.39, 0.29) is 11.3 Å². The van der Waals surface area contributed by atoms with E-state index in [2.05, 4.69) is 18.8 Å². The lowest BCUT2D eigenvalue weighted by Crippen LogP contribution is -2.29. The molecule has 1 saturated heterocycles. The number of aliphatic hydroxyl groups is 1. The zero-order valence-electron chi connectivity index (χ0n) is 17.7. The first-order valence-corrected chi connectivity index (χ1v) is 10.3. The molecule has 1 atom stereocenters. The zero-order valence-corrected chi connectivity index (χ0v) is 17.7. The Hall–Kier alpha value is -3.73. The highest BCUT2D eigenvalue weighted by molar-refractivity contribution is 6.51. The van der Waals surface area contributed by atoms with Crippen molar-refractivity contribution in [3.8, 4) is 0 Å². The molecule has 1 amide bonds. The summed E-state index contributed by atoms with van der Waals surface area (Å²) in [5.74, 6) is -1.21. The predicted molar refractivity (Wildman–Crippen MR) is 121 cm³/mol. The van der Waals surface area contributed by atoms with Crippen LogP contribution in [0.15, 0.2) is 78.6 Å². The Morgan fingerprint density at radius 2 is 1.68 bits per heavy atom. The van der Waals surface area contributed by atoms with Crippen LogP contribution in [0.3, 0.4) is 0 Å². The number of benzene rings is 2. The molecule has 31 heavy (non-hydrogen) atoms. The second-order valence-corrected chi connectivity index (χ2v) is 8.07. The van der Waals surface area contributed by atoms with E-state index in [9.17, 15) is 14.7 Å². The van der Waals surface area contributed by atoms with Gasteiger partial charge in [0, 0.05) is 11.8 Å². The third-order valence-electron chi connectivity index (χ3n) is 5.61. The second-order valence-electron chi connectivity index (χ2n) is 8.07. The van der Waals surface area contributed by atoms with E-state index in [4.69, 9.17) is 0 Å². The molecule has 2 heterocycles. The van der Waals surface area contributed by atoms with Crippen molar-refractivity contribution in [3.63, 3.8) is 0 Å². The standard InChI is InChI=1S/C26H24N2O3/c1-16(2)18-10-12-19(13-11-18)23-22(24(29)20-8-6-17(3)7-9-20)25(30)26(31)28(23)21-5-4-14-27-15-21/h4-16,23,29H,1-3H3/t23-/m1/s1. The quantitative estimate of drug-likeness (QED) is 0.366. The topological polar surface area (TPSA) is 70.5 Å². The van der Waals surface area contributed by atoms with Crippen molar-refractivity contribution >= 4 is 23.1 Å². The maximum Gasteiger partial charge on any atom is 0.300 e. The molecule has 156 valence electrons. The number of Topliss-reactive ketones (excluding diaryl/α,β-unsaturated/α-hetero) is 1. The molecule has 0 aliphatic carbocycles. The number of anilines is 1. The minimum absolute atomic E-state index is 0.0787. The van der Waals surface area contributed by atoms with E-state index in [1.54, 1.807) is 36.7 Å². The highest BCUT2D eigenvalue weighted by Crippen LogP contribution is 2.42. The SMILES string of the molecule is Cc1ccc(C(O)=C2C(=O)C(=O)N(c3cccnc3)[C@@H]2c2ccc(C(C)C)cc2)cc1. The van der Waals surface area contributed by atoms with Crippen molar-refractivity contribution in [1.82, 2.24) is 4.98 Å². The molecule has 5 nitrogen and oxygen atoms in total. The number of aliphatic hydroxyl groups excluding tert-OH is 1. The smallest absolute Gasteiger partial charge is 0.300 e. The predicted octanol–water partition coefficient (Wildman–Crippen LogP) is 5.14. The number of carbonyl (C=O) groups is 2. The Balaban J connectivity index is 1.91. The highest BCUT2D eigenvalue weighted by Gasteiger charge is 2.47. The molecule has 0 unspecified atom stereocenters. The summed E-state index contributed by atoms with van der Waals surface area (Å²) in [6.45, 7) is 6.16. The molecule has 5 heteroatoms. The first-order valence-electron chi connectivity index (χ1n) is 10.3. The van der Waals surface area contributed by atoms with Gasteiger partial charge >= 0.3 is 0 Å². The Labute approximate surface area is 181 Å². The van der Waals surface area contributed by atoms with Gasteiger partial charge < -0.3 is 5.11 Å². The van der Waals surface area contributed by atoms with Gasteiger partial charge in [-0.15, -0.1) is 0 Å². The fourth-order valence-electron chi connectivity index (χ4n) is 3.84. The van der Waals surface area contributed by atoms with Gasteiger partial charge in [0.1, 0.15) is 5.76 Å². The molecule has 1 N–H and O–H groups in total. The van der Waals surface area contributed by atoms with Gasteiger partial charge in [-0.25, -0.2) is 0 Å². The average Bonchev–Trinajstić information content (AvgIpc) is 3.05. The van der Waals surface area contributed by atoms with E-state index in [0.717, 1.165) is 16.7 Å². The summed E-state index contributed by atoms with van der Waals surface area (Å²) in [6.07, 6.45) is 3.16. The van der Waals surface area contributed by atoms with Crippen LogP contribution in [0.2, 0.25) is 0 Å². The van der Waals surface area contributed by atoms with Crippen molar-refractivity contribution in [3.05, 3.63) is 101 Å². The third-order valence-corrected chi connectivity index (χ3v) is 5.61. The van der Waals surface area contributed by atoms with Gasteiger partial charge in [-0.05, 0) is 36.1 Å². The van der Waals surface area contributed by atoms with Gasteiger partial charge in [-0.2, -0.15) is 0 Å². The lowest BCUT2D eigenvalue weighted by molar-refractivity contribution is -0.132. The molecule has 1 aromatic heterocycles. The van der Waals surface area contributed by atoms with E-state index in [0.29, 0.717) is 17.2 Å². The van der Waals surface area contributed by atoms with Crippen LogP contribution < -0.4 is 4.90 Å². The molecular weight excluding hydrogens is 388 g/mol. The molecule has 0 saturated carbocycles. The van der Waals surface area contributed by atoms with E-state index in [1.807, 2.05) is 43.3 Å². The number of ketones is 1. The fraction of sp³-hybridized carbons (Fsp3) is 0.192. The largest absolute Gasteiger partial charge is 0.507 e. The van der Waals surface area contributed by atoms with Crippen LogP contribution in [-0.4, -0.2) is 21.8 Å². The van der Waals surface area contributed by atoms with Gasteiger partial charge in [0.15, 0.2) is 0 Å². The van der Waals surface area contributed by atoms with Crippen LogP contribution >= 0.6 is 0 Å². The molecule has 0 spiro atoms. The van der Waals surface area contributed by atoms with Gasteiger partial charge in [-0.1, -0.05) is 67.9 Å². The number of hydrogen-bond donors (Lipinski definition) is 1. The number of nitrogens with zero attached hydrogens (tertiary/aromatic N) is 2. The van der Waals surface area contributed by atoms with Crippen LogP contribution in [0.1, 0.15) is 48.1 Å². The van der Waals surface area contributed by atoms with Crippen molar-refractivity contribution in [1.29, 1.82) is 0 Å². The van der Waals surface area contributed by atoms with Gasteiger partial charge in [0.2, 0.25) is 0 Å². The molecule has 1 fully saturated rings. The maximum atomic E-state index is 13.1. The van der Waals surface area contributed by atoms with Crippen LogP contribution in [0.5, 0.6) is 0 Å². The zero-order chi connectivity index (χ0) is 22.1. The maximum absolute atomic E-state index is 13.1. The first-order chi connectivity index (χ1) is 14.9. The average molecular weight is 412 g/mol. The summed E-state index contributed by atoms with van der Waals surface area (Å²) >= 11 is 0. The van der Waals surface area contributed by atoms with Crippen molar-refractivity contribution < 1.29 is 14.7 Å². The minimum Gasteiger partial charge on any atom is -0.507 e. The molecule has 4 rings (SSSR count). The first kappa shape index (κ1) is 20.5. The summed E-state index contributed by atoms with van der Waals surface area (Å²) in [5, 5.41) is 11.1.